The van der Waals surface area contributed by atoms with Gasteiger partial charge < -0.3 is 10.6 Å². The summed E-state index contributed by atoms with van der Waals surface area (Å²) in [5.74, 6) is -0.354. The molecule has 2 heterocycles. The van der Waals surface area contributed by atoms with Crippen LogP contribution in [0.25, 0.3) is 11.4 Å². The predicted octanol–water partition coefficient (Wildman–Crippen LogP) is 1.92. The Hall–Kier alpha value is -2.02. The molecule has 2 atom stereocenters. The molecule has 0 saturated carbocycles. The number of nitrogens with one attached hydrogen (secondary N) is 1. The SMILES string of the molecule is CC1CCN(c2n[nH]c(-c3ccc(F)c(F)c3)n2)CC1N. The molecule has 3 N–H and O–H groups in total. The van der Waals surface area contributed by atoms with Gasteiger partial charge in [0.05, 0.1) is 0 Å². The van der Waals surface area contributed by atoms with Crippen LogP contribution in [-0.4, -0.2) is 34.3 Å². The van der Waals surface area contributed by atoms with Gasteiger partial charge in [0.25, 0.3) is 0 Å². The van der Waals surface area contributed by atoms with Crippen molar-refractivity contribution in [3.05, 3.63) is 29.8 Å². The highest BCUT2D eigenvalue weighted by atomic mass is 19.2. The molecule has 21 heavy (non-hydrogen) atoms. The highest BCUT2D eigenvalue weighted by Gasteiger charge is 2.25. The molecular weight excluding hydrogens is 276 g/mol. The van der Waals surface area contributed by atoms with Gasteiger partial charge in [0.1, 0.15) is 0 Å². The Bertz CT molecular complexity index is 642. The summed E-state index contributed by atoms with van der Waals surface area (Å²) >= 11 is 0. The summed E-state index contributed by atoms with van der Waals surface area (Å²) in [6.07, 6.45) is 0.982. The number of H-pyrrole nitrogens is 1. The number of anilines is 1. The molecule has 3 rings (SSSR count). The number of nitrogens with zero attached hydrogens (tertiary/aromatic N) is 3. The van der Waals surface area contributed by atoms with E-state index in [1.165, 1.54) is 6.07 Å². The van der Waals surface area contributed by atoms with Crippen LogP contribution in [0.5, 0.6) is 0 Å². The fourth-order valence-corrected chi connectivity index (χ4v) is 2.45. The normalized spacial score (nSPS) is 22.6. The molecule has 1 aromatic heterocycles. The van der Waals surface area contributed by atoms with Crippen molar-refractivity contribution >= 4 is 5.95 Å². The second-order valence-electron chi connectivity index (χ2n) is 5.49. The first-order valence-electron chi connectivity index (χ1n) is 6.93. The molecule has 0 bridgehead atoms. The molecule has 1 aliphatic rings. The van der Waals surface area contributed by atoms with Gasteiger partial charge in [-0.3, -0.25) is 5.10 Å². The van der Waals surface area contributed by atoms with E-state index in [-0.39, 0.29) is 6.04 Å². The van der Waals surface area contributed by atoms with Crippen molar-refractivity contribution in [2.75, 3.05) is 18.0 Å². The van der Waals surface area contributed by atoms with Crippen molar-refractivity contribution in [1.82, 2.24) is 15.2 Å². The minimum atomic E-state index is -0.903. The van der Waals surface area contributed by atoms with Gasteiger partial charge in [0.2, 0.25) is 5.95 Å². The van der Waals surface area contributed by atoms with Crippen LogP contribution in [0.3, 0.4) is 0 Å². The lowest BCUT2D eigenvalue weighted by atomic mass is 9.95. The smallest absolute Gasteiger partial charge is 0.245 e. The summed E-state index contributed by atoms with van der Waals surface area (Å²) in [4.78, 5) is 6.35. The Kier molecular flexibility index (Phi) is 3.59. The van der Waals surface area contributed by atoms with Crippen molar-refractivity contribution in [1.29, 1.82) is 0 Å². The van der Waals surface area contributed by atoms with Gasteiger partial charge in [-0.15, -0.1) is 5.10 Å². The van der Waals surface area contributed by atoms with Crippen LogP contribution in [0.1, 0.15) is 13.3 Å². The maximum absolute atomic E-state index is 13.3. The van der Waals surface area contributed by atoms with Crippen LogP contribution in [0.15, 0.2) is 18.2 Å². The van der Waals surface area contributed by atoms with Crippen molar-refractivity contribution in [2.45, 2.75) is 19.4 Å². The zero-order valence-electron chi connectivity index (χ0n) is 11.7. The number of aromatic nitrogens is 3. The Morgan fingerprint density at radius 3 is 2.86 bits per heavy atom. The number of piperidine rings is 1. The molecule has 1 saturated heterocycles. The van der Waals surface area contributed by atoms with E-state index in [1.807, 2.05) is 4.90 Å². The lowest BCUT2D eigenvalue weighted by Crippen LogP contribution is -2.48. The Balaban J connectivity index is 1.81. The van der Waals surface area contributed by atoms with E-state index in [0.717, 1.165) is 25.1 Å². The van der Waals surface area contributed by atoms with Gasteiger partial charge in [-0.2, -0.15) is 4.98 Å². The van der Waals surface area contributed by atoms with Crippen LogP contribution in [-0.2, 0) is 0 Å². The highest BCUT2D eigenvalue weighted by molar-refractivity contribution is 5.56. The van der Waals surface area contributed by atoms with Crippen LogP contribution >= 0.6 is 0 Å². The zero-order chi connectivity index (χ0) is 15.0. The molecule has 2 unspecified atom stereocenters. The van der Waals surface area contributed by atoms with E-state index >= 15 is 0 Å². The van der Waals surface area contributed by atoms with Gasteiger partial charge in [-0.1, -0.05) is 6.92 Å². The van der Waals surface area contributed by atoms with E-state index < -0.39 is 11.6 Å². The second kappa shape index (κ2) is 5.40. The number of rotatable bonds is 2. The molecule has 0 spiro atoms. The summed E-state index contributed by atoms with van der Waals surface area (Å²) in [7, 11) is 0. The first-order chi connectivity index (χ1) is 10.0. The standard InChI is InChI=1S/C14H17F2N5/c1-8-4-5-21(7-12(8)17)14-18-13(19-20-14)9-2-3-10(15)11(16)6-9/h2-3,6,8,12H,4-5,7,17H2,1H3,(H,18,19,20). The number of nitrogens with two attached hydrogens (primary N) is 1. The van der Waals surface area contributed by atoms with Crippen LogP contribution < -0.4 is 10.6 Å². The fraction of sp³-hybridized carbons (Fsp3) is 0.429. The third-order valence-corrected chi connectivity index (χ3v) is 3.97. The van der Waals surface area contributed by atoms with Crippen molar-refractivity contribution < 1.29 is 8.78 Å². The predicted molar refractivity (Wildman–Crippen MR) is 75.7 cm³/mol. The van der Waals surface area contributed by atoms with E-state index in [2.05, 4.69) is 22.1 Å². The molecule has 1 aliphatic heterocycles. The molecule has 0 radical (unpaired) electrons. The van der Waals surface area contributed by atoms with Crippen LogP contribution in [0, 0.1) is 17.6 Å². The molecule has 5 nitrogen and oxygen atoms in total. The topological polar surface area (TPSA) is 70.8 Å². The minimum absolute atomic E-state index is 0.0870. The van der Waals surface area contributed by atoms with Gasteiger partial charge in [0.15, 0.2) is 17.5 Å². The van der Waals surface area contributed by atoms with Gasteiger partial charge in [-0.05, 0) is 30.5 Å². The quantitative estimate of drug-likeness (QED) is 0.887. The average Bonchev–Trinajstić information content (AvgIpc) is 2.94. The Labute approximate surface area is 121 Å². The number of benzene rings is 1. The summed E-state index contributed by atoms with van der Waals surface area (Å²) in [5, 5.41) is 6.91. The van der Waals surface area contributed by atoms with E-state index in [1.54, 1.807) is 0 Å². The molecule has 1 aromatic carbocycles. The maximum Gasteiger partial charge on any atom is 0.245 e. The van der Waals surface area contributed by atoms with E-state index in [0.29, 0.717) is 29.8 Å². The van der Waals surface area contributed by atoms with Crippen molar-refractivity contribution in [3.63, 3.8) is 0 Å². The largest absolute Gasteiger partial charge is 0.338 e. The molecule has 2 aromatic rings. The zero-order valence-corrected chi connectivity index (χ0v) is 11.7. The van der Waals surface area contributed by atoms with Crippen LogP contribution in [0.4, 0.5) is 14.7 Å². The Morgan fingerprint density at radius 2 is 2.14 bits per heavy atom. The van der Waals surface area contributed by atoms with Crippen molar-refractivity contribution in [3.8, 4) is 11.4 Å². The van der Waals surface area contributed by atoms with E-state index in [9.17, 15) is 8.78 Å². The highest BCUT2D eigenvalue weighted by Crippen LogP contribution is 2.23. The molecule has 1 fully saturated rings. The molecule has 0 aliphatic carbocycles. The monoisotopic (exact) mass is 293 g/mol. The van der Waals surface area contributed by atoms with E-state index in [4.69, 9.17) is 5.73 Å². The van der Waals surface area contributed by atoms with Crippen molar-refractivity contribution in [2.24, 2.45) is 11.7 Å². The third kappa shape index (κ3) is 2.73. The lowest BCUT2D eigenvalue weighted by molar-refractivity contribution is 0.376. The summed E-state index contributed by atoms with van der Waals surface area (Å²) in [6.45, 7) is 3.66. The summed E-state index contributed by atoms with van der Waals surface area (Å²) in [6, 6.07) is 3.73. The van der Waals surface area contributed by atoms with Gasteiger partial charge >= 0.3 is 0 Å². The second-order valence-corrected chi connectivity index (χ2v) is 5.49. The lowest BCUT2D eigenvalue weighted by Gasteiger charge is -2.34. The van der Waals surface area contributed by atoms with Crippen LogP contribution in [0.2, 0.25) is 0 Å². The fourth-order valence-electron chi connectivity index (χ4n) is 2.45. The number of halogens is 2. The first kappa shape index (κ1) is 13.9. The van der Waals surface area contributed by atoms with Gasteiger partial charge in [-0.25, -0.2) is 8.78 Å². The summed E-state index contributed by atoms with van der Waals surface area (Å²) in [5.41, 5.74) is 6.52. The average molecular weight is 293 g/mol. The third-order valence-electron chi connectivity index (χ3n) is 3.97. The first-order valence-corrected chi connectivity index (χ1v) is 6.93. The Morgan fingerprint density at radius 1 is 1.33 bits per heavy atom. The molecule has 0 amide bonds. The minimum Gasteiger partial charge on any atom is -0.338 e. The molecule has 7 heteroatoms. The number of hydrogen-bond acceptors (Lipinski definition) is 4. The number of aromatic amines is 1. The maximum atomic E-state index is 13.3. The molecule has 112 valence electrons. The number of hydrogen-bond donors (Lipinski definition) is 2. The summed E-state index contributed by atoms with van der Waals surface area (Å²) < 4.78 is 26.2. The van der Waals surface area contributed by atoms with Gasteiger partial charge in [0, 0.05) is 24.7 Å². The molecular formula is C14H17F2N5.